The van der Waals surface area contributed by atoms with E-state index in [0.29, 0.717) is 14.7 Å². The van der Waals surface area contributed by atoms with Crippen molar-refractivity contribution in [3.63, 3.8) is 0 Å². The number of nitrogens with zero attached hydrogens (tertiary/aromatic N) is 2. The number of aliphatic hydroxyl groups excluding tert-OH is 3. The Morgan fingerprint density at radius 3 is 2.38 bits per heavy atom. The normalized spacial score (nSPS) is 26.3. The summed E-state index contributed by atoms with van der Waals surface area (Å²) < 4.78 is 63.4. The van der Waals surface area contributed by atoms with E-state index in [-0.39, 0.29) is 6.42 Å². The molecule has 0 aliphatic carbocycles. The van der Waals surface area contributed by atoms with Crippen LogP contribution in [0.1, 0.15) is 36.7 Å². The molecule has 1 fully saturated rings. The summed E-state index contributed by atoms with van der Waals surface area (Å²) in [7, 11) is 1.01. The lowest BCUT2D eigenvalue weighted by Crippen LogP contribution is -2.67. The van der Waals surface area contributed by atoms with Gasteiger partial charge < -0.3 is 39.4 Å². The number of aliphatic hydroxyl groups is 4. The molecule has 4 N–H and O–H groups in total. The first-order valence-corrected chi connectivity index (χ1v) is 11.7. The average molecular weight is 599 g/mol. The lowest BCUT2D eigenvalue weighted by atomic mass is 9.97. The molecule has 0 bridgehead atoms. The van der Waals surface area contributed by atoms with Crippen molar-refractivity contribution in [3.05, 3.63) is 45.6 Å². The van der Waals surface area contributed by atoms with E-state index in [1.807, 2.05) is 0 Å². The van der Waals surface area contributed by atoms with E-state index in [1.54, 1.807) is 24.3 Å². The maximum Gasteiger partial charge on any atom is 0.508 e. The first-order valence-electron chi connectivity index (χ1n) is 10.9. The fraction of sp³-hybridized carbons (Fsp3) is 0.545. The van der Waals surface area contributed by atoms with Gasteiger partial charge in [0.05, 0.1) is 12.7 Å². The highest BCUT2D eigenvalue weighted by Crippen LogP contribution is 2.41. The van der Waals surface area contributed by atoms with Crippen LogP contribution in [0.5, 0.6) is 5.88 Å². The van der Waals surface area contributed by atoms with E-state index in [4.69, 9.17) is 9.47 Å². The highest BCUT2D eigenvalue weighted by atomic mass is 79.9. The third kappa shape index (κ3) is 6.35. The van der Waals surface area contributed by atoms with Crippen LogP contribution >= 0.6 is 15.9 Å². The predicted molar refractivity (Wildman–Crippen MR) is 121 cm³/mol. The van der Waals surface area contributed by atoms with Crippen molar-refractivity contribution < 1.29 is 57.3 Å². The molecule has 1 aromatic heterocycles. The van der Waals surface area contributed by atoms with Crippen LogP contribution in [0.15, 0.2) is 28.7 Å². The molecule has 2 heterocycles. The zero-order valence-corrected chi connectivity index (χ0v) is 21.4. The Morgan fingerprint density at radius 1 is 1.22 bits per heavy atom. The molecule has 37 heavy (non-hydrogen) atoms. The first kappa shape index (κ1) is 29.1. The third-order valence-corrected chi connectivity index (χ3v) is 6.08. The Balaban J connectivity index is 2.05. The van der Waals surface area contributed by atoms with E-state index in [2.05, 4.69) is 30.5 Å². The molecule has 1 aromatic carbocycles. The van der Waals surface area contributed by atoms with Gasteiger partial charge in [0.25, 0.3) is 0 Å². The van der Waals surface area contributed by atoms with Crippen molar-refractivity contribution in [1.29, 1.82) is 0 Å². The Morgan fingerprint density at radius 2 is 1.84 bits per heavy atom. The highest BCUT2D eigenvalue weighted by molar-refractivity contribution is 9.10. The van der Waals surface area contributed by atoms with Crippen molar-refractivity contribution in [3.8, 4) is 5.88 Å². The monoisotopic (exact) mass is 598 g/mol. The molecule has 2 aromatic rings. The molecular weight excluding hydrogens is 573 g/mol. The minimum Gasteiger partial charge on any atom is -0.438 e. The number of hydrogen-bond donors (Lipinski definition) is 4. The van der Waals surface area contributed by atoms with Gasteiger partial charge in [0.15, 0.2) is 6.10 Å². The summed E-state index contributed by atoms with van der Waals surface area (Å²) in [6.07, 6.45) is -14.4. The van der Waals surface area contributed by atoms with Crippen LogP contribution < -0.4 is 4.74 Å². The molecule has 1 saturated heterocycles. The Bertz CT molecular complexity index is 1100. The van der Waals surface area contributed by atoms with Gasteiger partial charge in [-0.3, -0.25) is 4.68 Å². The number of rotatable bonds is 7. The number of ether oxygens (including phenoxy) is 4. The van der Waals surface area contributed by atoms with Crippen LogP contribution in [-0.4, -0.2) is 80.5 Å². The number of alkyl halides is 3. The summed E-state index contributed by atoms with van der Waals surface area (Å²) in [5.41, 5.74) is -1.19. The second kappa shape index (κ2) is 11.1. The van der Waals surface area contributed by atoms with Gasteiger partial charge in [-0.25, -0.2) is 4.79 Å². The number of hydrogen-bond acceptors (Lipinski definition) is 10. The number of aromatic nitrogens is 2. The van der Waals surface area contributed by atoms with Crippen LogP contribution in [0.2, 0.25) is 0 Å². The van der Waals surface area contributed by atoms with Crippen molar-refractivity contribution in [2.24, 2.45) is 0 Å². The highest BCUT2D eigenvalue weighted by Gasteiger charge is 2.56. The molecular formula is C22H26BrF3N2O9. The smallest absolute Gasteiger partial charge is 0.438 e. The molecule has 0 amide bonds. The molecule has 3 rings (SSSR count). The maximum atomic E-state index is 14.2. The number of methoxy groups -OCH3 is 1. The van der Waals surface area contributed by atoms with E-state index >= 15 is 0 Å². The fourth-order valence-corrected chi connectivity index (χ4v) is 3.98. The van der Waals surface area contributed by atoms with Crippen molar-refractivity contribution >= 4 is 22.1 Å². The zero-order valence-electron chi connectivity index (χ0n) is 19.8. The summed E-state index contributed by atoms with van der Waals surface area (Å²) in [5, 5.41) is 45.7. The summed E-state index contributed by atoms with van der Waals surface area (Å²) in [4.78, 5) is 11.3. The van der Waals surface area contributed by atoms with Gasteiger partial charge in [0, 0.05) is 16.9 Å². The van der Waals surface area contributed by atoms with Gasteiger partial charge in [0.1, 0.15) is 30.6 Å². The van der Waals surface area contributed by atoms with E-state index < -0.39 is 72.5 Å². The fourth-order valence-electron chi connectivity index (χ4n) is 3.71. The molecule has 0 saturated carbocycles. The minimum absolute atomic E-state index is 0.337. The molecule has 0 radical (unpaired) electrons. The van der Waals surface area contributed by atoms with Crippen LogP contribution in [0.3, 0.4) is 0 Å². The Labute approximate surface area is 217 Å². The van der Waals surface area contributed by atoms with Gasteiger partial charge in [-0.05, 0) is 31.5 Å². The molecule has 1 aliphatic heterocycles. The maximum absolute atomic E-state index is 14.2. The summed E-state index contributed by atoms with van der Waals surface area (Å²) in [6, 6.07) is 5.60. The molecule has 1 aliphatic rings. The standard InChI is InChI=1S/C22H26BrF3N2O9/c1-10(2)28-17(21(24,25)26)13(8-11-4-6-12(23)7-5-11)19(27-28)37-22(33)18(31)16(30)15(29)14(36-22)9-35-20(32)34-3/h4-7,10,14-16,18,29-31,33H,8-9H2,1-3H3/t14-,15-,16+,18-,22+/m1/s1. The lowest BCUT2D eigenvalue weighted by molar-refractivity contribution is -0.423. The molecule has 5 atom stereocenters. The summed E-state index contributed by atoms with van der Waals surface area (Å²) in [6.45, 7) is 2.15. The Kier molecular flexibility index (Phi) is 8.76. The van der Waals surface area contributed by atoms with Gasteiger partial charge in [0.2, 0.25) is 5.88 Å². The molecule has 206 valence electrons. The Hall–Kier alpha value is -2.43. The van der Waals surface area contributed by atoms with Crippen molar-refractivity contribution in [1.82, 2.24) is 9.78 Å². The molecule has 11 nitrogen and oxygen atoms in total. The number of benzene rings is 1. The van der Waals surface area contributed by atoms with Crippen molar-refractivity contribution in [2.45, 2.75) is 62.9 Å². The molecule has 0 spiro atoms. The number of carbonyl (C=O) groups is 1. The first-order chi connectivity index (χ1) is 17.2. The quantitative estimate of drug-likeness (QED) is 0.275. The van der Waals surface area contributed by atoms with Crippen LogP contribution in [0.4, 0.5) is 18.0 Å². The lowest BCUT2D eigenvalue weighted by Gasteiger charge is -2.44. The summed E-state index contributed by atoms with van der Waals surface area (Å²) >= 11 is 3.25. The van der Waals surface area contributed by atoms with Gasteiger partial charge >= 0.3 is 18.3 Å². The number of halogens is 4. The second-order valence-corrected chi connectivity index (χ2v) is 9.47. The zero-order chi connectivity index (χ0) is 27.7. The largest absolute Gasteiger partial charge is 0.508 e. The van der Waals surface area contributed by atoms with Gasteiger partial charge in [-0.2, -0.15) is 13.2 Å². The SMILES string of the molecule is COC(=O)OC[C@H]1O[C@](O)(Oc2nn(C(C)C)c(C(F)(F)F)c2Cc2ccc(Br)cc2)[C@H](O)[C@@H](O)[C@@H]1O. The van der Waals surface area contributed by atoms with Gasteiger partial charge in [-0.15, -0.1) is 5.10 Å². The second-order valence-electron chi connectivity index (χ2n) is 8.55. The van der Waals surface area contributed by atoms with E-state index in [0.717, 1.165) is 7.11 Å². The van der Waals surface area contributed by atoms with Crippen LogP contribution in [0.25, 0.3) is 0 Å². The van der Waals surface area contributed by atoms with Crippen molar-refractivity contribution in [2.75, 3.05) is 13.7 Å². The summed E-state index contributed by atoms with van der Waals surface area (Å²) in [5.74, 6) is -3.92. The average Bonchev–Trinajstić information content (AvgIpc) is 3.18. The third-order valence-electron chi connectivity index (χ3n) is 5.55. The van der Waals surface area contributed by atoms with E-state index in [9.17, 15) is 38.4 Å². The molecule has 15 heteroatoms. The minimum atomic E-state index is -4.88. The number of carbonyl (C=O) groups excluding carboxylic acids is 1. The molecule has 0 unspecified atom stereocenters. The van der Waals surface area contributed by atoms with Crippen LogP contribution in [0, 0.1) is 0 Å². The van der Waals surface area contributed by atoms with Gasteiger partial charge in [-0.1, -0.05) is 28.1 Å². The topological polar surface area (TPSA) is 153 Å². The predicted octanol–water partition coefficient (Wildman–Crippen LogP) is 2.13. The van der Waals surface area contributed by atoms with E-state index in [1.165, 1.54) is 13.8 Å². The van der Waals surface area contributed by atoms with Crippen LogP contribution in [-0.2, 0) is 26.8 Å².